The molecule has 0 N–H and O–H groups in total. The first kappa shape index (κ1) is 12.2. The zero-order valence-electron chi connectivity index (χ0n) is 9.51. The van der Waals surface area contributed by atoms with Crippen LogP contribution in [0.25, 0.3) is 6.08 Å². The Hall–Kier alpha value is -0.903. The predicted molar refractivity (Wildman–Crippen MR) is 66.1 cm³/mol. The molecule has 1 atom stereocenters. The normalized spacial score (nSPS) is 13.6. The van der Waals surface area contributed by atoms with Gasteiger partial charge in [-0.15, -0.1) is 0 Å². The van der Waals surface area contributed by atoms with E-state index in [4.69, 9.17) is 8.85 Å². The van der Waals surface area contributed by atoms with Gasteiger partial charge in [0.05, 0.1) is 0 Å². The minimum atomic E-state index is -1.51. The van der Waals surface area contributed by atoms with Crippen LogP contribution in [0.1, 0.15) is 12.5 Å². The van der Waals surface area contributed by atoms with Crippen molar-refractivity contribution in [3.05, 3.63) is 42.0 Å². The van der Waals surface area contributed by atoms with Crippen LogP contribution in [0.4, 0.5) is 0 Å². The summed E-state index contributed by atoms with van der Waals surface area (Å²) in [7, 11) is 1.92. The first-order valence-corrected chi connectivity index (χ1v) is 6.67. The van der Waals surface area contributed by atoms with E-state index < -0.39 is 9.28 Å². The van der Waals surface area contributed by atoms with Gasteiger partial charge in [-0.05, 0) is 5.56 Å². The SMILES string of the molecule is CO[SiH](OC)C(C)C=Cc1ccccc1. The maximum atomic E-state index is 5.32. The fraction of sp³-hybridized carbons (Fsp3) is 0.333. The van der Waals surface area contributed by atoms with E-state index in [0.717, 1.165) is 0 Å². The molecular weight excluding hydrogens is 204 g/mol. The van der Waals surface area contributed by atoms with Crippen molar-refractivity contribution in [1.82, 2.24) is 0 Å². The van der Waals surface area contributed by atoms with Gasteiger partial charge in [0.2, 0.25) is 0 Å². The highest BCUT2D eigenvalue weighted by Gasteiger charge is 2.16. The minimum absolute atomic E-state index is 0.375. The molecule has 0 aliphatic rings. The Morgan fingerprint density at radius 1 is 1.13 bits per heavy atom. The molecule has 15 heavy (non-hydrogen) atoms. The van der Waals surface area contributed by atoms with Crippen LogP contribution in [0.3, 0.4) is 0 Å². The van der Waals surface area contributed by atoms with Crippen LogP contribution in [0.5, 0.6) is 0 Å². The molecule has 0 aliphatic carbocycles. The summed E-state index contributed by atoms with van der Waals surface area (Å²) in [5.74, 6) is 0. The zero-order chi connectivity index (χ0) is 11.1. The van der Waals surface area contributed by atoms with Crippen LogP contribution in [0.15, 0.2) is 36.4 Å². The van der Waals surface area contributed by atoms with Crippen LogP contribution < -0.4 is 0 Å². The van der Waals surface area contributed by atoms with Gasteiger partial charge in [0, 0.05) is 19.8 Å². The van der Waals surface area contributed by atoms with Crippen molar-refractivity contribution in [3.63, 3.8) is 0 Å². The average molecular weight is 222 g/mol. The van der Waals surface area contributed by atoms with E-state index in [2.05, 4.69) is 31.2 Å². The van der Waals surface area contributed by atoms with Crippen molar-refractivity contribution in [2.75, 3.05) is 14.2 Å². The number of hydrogen-bond donors (Lipinski definition) is 0. The molecule has 1 rings (SSSR count). The quantitative estimate of drug-likeness (QED) is 0.713. The number of benzene rings is 1. The van der Waals surface area contributed by atoms with Crippen molar-refractivity contribution in [3.8, 4) is 0 Å². The second-order valence-corrected chi connectivity index (χ2v) is 6.20. The summed E-state index contributed by atoms with van der Waals surface area (Å²) in [6.45, 7) is 2.13. The lowest BCUT2D eigenvalue weighted by molar-refractivity contribution is 0.272. The van der Waals surface area contributed by atoms with Gasteiger partial charge in [-0.2, -0.15) is 0 Å². The Balaban J connectivity index is 2.57. The molecule has 1 unspecified atom stereocenters. The summed E-state index contributed by atoms with van der Waals surface area (Å²) in [4.78, 5) is 0. The second-order valence-electron chi connectivity index (χ2n) is 3.47. The van der Waals surface area contributed by atoms with Crippen molar-refractivity contribution in [2.45, 2.75) is 12.5 Å². The number of allylic oxidation sites excluding steroid dienone is 1. The standard InChI is InChI=1S/C12H18O2Si/c1-11(15(13-2)14-3)9-10-12-7-5-4-6-8-12/h4-11,15H,1-3H3. The Kier molecular flexibility index (Phi) is 5.32. The van der Waals surface area contributed by atoms with Crippen LogP contribution in [0, 0.1) is 0 Å². The lowest BCUT2D eigenvalue weighted by atomic mass is 10.2. The van der Waals surface area contributed by atoms with E-state index in [0.29, 0.717) is 5.54 Å². The summed E-state index contributed by atoms with van der Waals surface area (Å²) in [6, 6.07) is 10.2. The maximum absolute atomic E-state index is 5.32. The largest absolute Gasteiger partial charge is 0.400 e. The van der Waals surface area contributed by atoms with Crippen molar-refractivity contribution in [1.29, 1.82) is 0 Å². The van der Waals surface area contributed by atoms with Crippen molar-refractivity contribution < 1.29 is 8.85 Å². The molecule has 2 nitrogen and oxygen atoms in total. The number of hydrogen-bond acceptors (Lipinski definition) is 2. The lowest BCUT2D eigenvalue weighted by Crippen LogP contribution is -2.23. The van der Waals surface area contributed by atoms with Crippen LogP contribution in [-0.4, -0.2) is 23.5 Å². The van der Waals surface area contributed by atoms with Crippen LogP contribution in [0.2, 0.25) is 5.54 Å². The zero-order valence-corrected chi connectivity index (χ0v) is 10.7. The highest BCUT2D eigenvalue weighted by molar-refractivity contribution is 6.46. The molecular formula is C12H18O2Si. The molecule has 0 bridgehead atoms. The Morgan fingerprint density at radius 3 is 2.27 bits per heavy atom. The van der Waals surface area contributed by atoms with E-state index >= 15 is 0 Å². The molecule has 3 heteroatoms. The first-order valence-electron chi connectivity index (χ1n) is 5.06. The summed E-state index contributed by atoms with van der Waals surface area (Å²) in [6.07, 6.45) is 4.27. The number of rotatable bonds is 5. The van der Waals surface area contributed by atoms with Gasteiger partial charge in [0.1, 0.15) is 0 Å². The lowest BCUT2D eigenvalue weighted by Gasteiger charge is -2.14. The predicted octanol–water partition coefficient (Wildman–Crippen LogP) is 2.60. The van der Waals surface area contributed by atoms with Crippen LogP contribution in [-0.2, 0) is 8.85 Å². The molecule has 0 saturated carbocycles. The topological polar surface area (TPSA) is 18.5 Å². The Labute approximate surface area is 93.4 Å². The van der Waals surface area contributed by atoms with Crippen LogP contribution >= 0.6 is 0 Å². The molecule has 1 aromatic carbocycles. The molecule has 0 aliphatic heterocycles. The van der Waals surface area contributed by atoms with E-state index in [9.17, 15) is 0 Å². The van der Waals surface area contributed by atoms with Gasteiger partial charge in [0.25, 0.3) is 0 Å². The van der Waals surface area contributed by atoms with Gasteiger partial charge in [-0.3, -0.25) is 0 Å². The third kappa shape index (κ3) is 3.99. The van der Waals surface area contributed by atoms with Crippen molar-refractivity contribution in [2.24, 2.45) is 0 Å². The molecule has 82 valence electrons. The van der Waals surface area contributed by atoms with Gasteiger partial charge in [-0.1, -0.05) is 49.4 Å². The highest BCUT2D eigenvalue weighted by atomic mass is 28.3. The van der Waals surface area contributed by atoms with E-state index in [1.54, 1.807) is 14.2 Å². The van der Waals surface area contributed by atoms with E-state index in [1.165, 1.54) is 5.56 Å². The molecule has 0 radical (unpaired) electrons. The molecule has 0 aromatic heterocycles. The fourth-order valence-corrected chi connectivity index (χ4v) is 2.79. The minimum Gasteiger partial charge on any atom is -0.400 e. The molecule has 1 aromatic rings. The summed E-state index contributed by atoms with van der Waals surface area (Å²) in [5.41, 5.74) is 1.59. The molecule has 0 amide bonds. The highest BCUT2D eigenvalue weighted by Crippen LogP contribution is 2.14. The summed E-state index contributed by atoms with van der Waals surface area (Å²) >= 11 is 0. The van der Waals surface area contributed by atoms with Gasteiger partial charge >= 0.3 is 9.28 Å². The molecule has 0 heterocycles. The third-order valence-corrected chi connectivity index (χ3v) is 4.30. The first-order chi connectivity index (χ1) is 7.27. The van der Waals surface area contributed by atoms with Crippen molar-refractivity contribution >= 4 is 15.4 Å². The van der Waals surface area contributed by atoms with Gasteiger partial charge < -0.3 is 8.85 Å². The van der Waals surface area contributed by atoms with Gasteiger partial charge in [0.15, 0.2) is 0 Å². The Morgan fingerprint density at radius 2 is 1.73 bits per heavy atom. The molecule has 0 fully saturated rings. The smallest absolute Gasteiger partial charge is 0.327 e. The summed E-state index contributed by atoms with van der Waals surface area (Å²) in [5, 5.41) is 0. The molecule has 0 spiro atoms. The molecule has 0 saturated heterocycles. The average Bonchev–Trinajstić information content (AvgIpc) is 2.29. The fourth-order valence-electron chi connectivity index (χ4n) is 1.44. The second kappa shape index (κ2) is 6.56. The monoisotopic (exact) mass is 222 g/mol. The third-order valence-electron chi connectivity index (χ3n) is 2.29. The summed E-state index contributed by atoms with van der Waals surface area (Å²) < 4.78 is 10.6. The van der Waals surface area contributed by atoms with E-state index in [-0.39, 0.29) is 0 Å². The maximum Gasteiger partial charge on any atom is 0.327 e. The van der Waals surface area contributed by atoms with Gasteiger partial charge in [-0.25, -0.2) is 0 Å². The van der Waals surface area contributed by atoms with E-state index in [1.807, 2.05) is 18.2 Å². The Bertz CT molecular complexity index is 294.